The minimum atomic E-state index is -3.67. The highest BCUT2D eigenvalue weighted by Gasteiger charge is 2.40. The summed E-state index contributed by atoms with van der Waals surface area (Å²) in [5, 5.41) is 0. The fourth-order valence-electron chi connectivity index (χ4n) is 2.21. The molecule has 1 heterocycles. The summed E-state index contributed by atoms with van der Waals surface area (Å²) < 4.78 is 25.4. The highest BCUT2D eigenvalue weighted by molar-refractivity contribution is 7.90. The van der Waals surface area contributed by atoms with Gasteiger partial charge in [-0.3, -0.25) is 4.79 Å². The summed E-state index contributed by atoms with van der Waals surface area (Å²) in [4.78, 5) is 12.2. The molecule has 0 fully saturated rings. The molecule has 0 bridgehead atoms. The minimum Gasteiger partial charge on any atom is -0.399 e. The Kier molecular flexibility index (Phi) is 3.80. The summed E-state index contributed by atoms with van der Waals surface area (Å²) in [7, 11) is -3.67. The quantitative estimate of drug-likeness (QED) is 0.661. The number of nitrogens with two attached hydrogens (primary N) is 1. The van der Waals surface area contributed by atoms with Crippen LogP contribution in [-0.4, -0.2) is 25.2 Å². The van der Waals surface area contributed by atoms with Crippen molar-refractivity contribution in [3.05, 3.63) is 23.8 Å². The van der Waals surface area contributed by atoms with Crippen LogP contribution < -0.4 is 5.73 Å². The average Bonchev–Trinajstić information content (AvgIpc) is 2.54. The van der Waals surface area contributed by atoms with Gasteiger partial charge in [0.15, 0.2) is 0 Å². The predicted molar refractivity (Wildman–Crippen MR) is 73.2 cm³/mol. The molecule has 19 heavy (non-hydrogen) atoms. The number of hydrogen-bond donors (Lipinski definition) is 1. The molecule has 0 atom stereocenters. The van der Waals surface area contributed by atoms with Crippen molar-refractivity contribution in [2.75, 3.05) is 12.3 Å². The van der Waals surface area contributed by atoms with Crippen molar-refractivity contribution in [3.63, 3.8) is 0 Å². The second kappa shape index (κ2) is 5.21. The molecule has 0 aromatic heterocycles. The molecule has 2 rings (SSSR count). The van der Waals surface area contributed by atoms with Crippen molar-refractivity contribution in [2.24, 2.45) is 0 Å². The van der Waals surface area contributed by atoms with E-state index in [1.807, 2.05) is 0 Å². The van der Waals surface area contributed by atoms with Gasteiger partial charge in [-0.05, 0) is 24.6 Å². The maximum atomic E-state index is 12.2. The van der Waals surface area contributed by atoms with Gasteiger partial charge in [0.05, 0.1) is 5.56 Å². The molecule has 1 amide bonds. The monoisotopic (exact) mass is 282 g/mol. The van der Waals surface area contributed by atoms with Crippen molar-refractivity contribution in [1.29, 1.82) is 0 Å². The number of rotatable bonds is 5. The summed E-state index contributed by atoms with van der Waals surface area (Å²) in [5.41, 5.74) is 6.19. The molecule has 1 aromatic rings. The number of unbranched alkanes of at least 4 members (excludes halogenated alkanes) is 3. The van der Waals surface area contributed by atoms with Crippen molar-refractivity contribution >= 4 is 21.6 Å². The lowest BCUT2D eigenvalue weighted by atomic mass is 10.1. The summed E-state index contributed by atoms with van der Waals surface area (Å²) >= 11 is 0. The third kappa shape index (κ3) is 2.45. The van der Waals surface area contributed by atoms with Crippen LogP contribution in [0.1, 0.15) is 43.0 Å². The normalized spacial score (nSPS) is 16.7. The molecule has 0 aliphatic carbocycles. The van der Waals surface area contributed by atoms with Crippen LogP contribution in [0.15, 0.2) is 23.1 Å². The molecular formula is C13H18N2O3S. The van der Waals surface area contributed by atoms with Crippen molar-refractivity contribution in [3.8, 4) is 0 Å². The molecule has 5 nitrogen and oxygen atoms in total. The van der Waals surface area contributed by atoms with E-state index in [0.29, 0.717) is 12.1 Å². The van der Waals surface area contributed by atoms with E-state index in [4.69, 9.17) is 5.73 Å². The van der Waals surface area contributed by atoms with Gasteiger partial charge < -0.3 is 5.73 Å². The van der Waals surface area contributed by atoms with Crippen LogP contribution in [-0.2, 0) is 10.0 Å². The molecule has 0 spiro atoms. The number of nitrogen functional groups attached to an aromatic ring is 1. The van der Waals surface area contributed by atoms with Gasteiger partial charge in [0.25, 0.3) is 15.9 Å². The molecule has 1 aromatic carbocycles. The number of anilines is 1. The largest absolute Gasteiger partial charge is 0.399 e. The van der Waals surface area contributed by atoms with E-state index >= 15 is 0 Å². The number of benzene rings is 1. The summed E-state index contributed by atoms with van der Waals surface area (Å²) in [6, 6.07) is 4.34. The van der Waals surface area contributed by atoms with E-state index in [0.717, 1.165) is 23.6 Å². The first-order valence-electron chi connectivity index (χ1n) is 6.45. The Morgan fingerprint density at radius 1 is 1.21 bits per heavy atom. The molecule has 0 radical (unpaired) electrons. The lowest BCUT2D eigenvalue weighted by molar-refractivity contribution is 0.0869. The molecule has 1 aliphatic heterocycles. The van der Waals surface area contributed by atoms with E-state index < -0.39 is 15.9 Å². The Balaban J connectivity index is 2.23. The first-order chi connectivity index (χ1) is 8.98. The Morgan fingerprint density at radius 3 is 2.63 bits per heavy atom. The maximum Gasteiger partial charge on any atom is 0.269 e. The van der Waals surface area contributed by atoms with Crippen LogP contribution in [0.5, 0.6) is 0 Å². The van der Waals surface area contributed by atoms with Crippen LogP contribution in [0, 0.1) is 0 Å². The van der Waals surface area contributed by atoms with Gasteiger partial charge >= 0.3 is 0 Å². The van der Waals surface area contributed by atoms with E-state index in [9.17, 15) is 13.2 Å². The SMILES string of the molecule is CCCCCCN1C(=O)c2cc(N)ccc2S1(=O)=O. The van der Waals surface area contributed by atoms with Crippen LogP contribution >= 0.6 is 0 Å². The fraction of sp³-hybridized carbons (Fsp3) is 0.462. The van der Waals surface area contributed by atoms with E-state index in [2.05, 4.69) is 6.92 Å². The maximum absolute atomic E-state index is 12.2. The number of nitrogens with zero attached hydrogens (tertiary/aromatic N) is 1. The van der Waals surface area contributed by atoms with Gasteiger partial charge in [-0.25, -0.2) is 12.7 Å². The lowest BCUT2D eigenvalue weighted by Gasteiger charge is -2.14. The molecule has 0 saturated carbocycles. The zero-order chi connectivity index (χ0) is 14.0. The number of carbonyl (C=O) groups excluding carboxylic acids is 1. The van der Waals surface area contributed by atoms with E-state index in [1.165, 1.54) is 18.2 Å². The predicted octanol–water partition coefficient (Wildman–Crippen LogP) is 1.99. The number of amides is 1. The third-order valence-electron chi connectivity index (χ3n) is 3.24. The topological polar surface area (TPSA) is 80.5 Å². The molecule has 0 saturated heterocycles. The van der Waals surface area contributed by atoms with Crippen LogP contribution in [0.2, 0.25) is 0 Å². The van der Waals surface area contributed by atoms with Gasteiger partial charge in [0, 0.05) is 12.2 Å². The van der Waals surface area contributed by atoms with Crippen molar-refractivity contribution in [1.82, 2.24) is 4.31 Å². The smallest absolute Gasteiger partial charge is 0.269 e. The zero-order valence-electron chi connectivity index (χ0n) is 10.9. The Hall–Kier alpha value is -1.56. The van der Waals surface area contributed by atoms with Crippen LogP contribution in [0.3, 0.4) is 0 Å². The first-order valence-corrected chi connectivity index (χ1v) is 7.89. The molecule has 0 unspecified atom stereocenters. The number of sulfonamides is 1. The van der Waals surface area contributed by atoms with Gasteiger partial charge in [-0.2, -0.15) is 0 Å². The van der Waals surface area contributed by atoms with Gasteiger partial charge in [-0.15, -0.1) is 0 Å². The van der Waals surface area contributed by atoms with E-state index in [1.54, 1.807) is 0 Å². The molecule has 104 valence electrons. The second-order valence-electron chi connectivity index (χ2n) is 4.70. The molecular weight excluding hydrogens is 264 g/mol. The lowest BCUT2D eigenvalue weighted by Crippen LogP contribution is -2.30. The van der Waals surface area contributed by atoms with Crippen LogP contribution in [0.4, 0.5) is 5.69 Å². The van der Waals surface area contributed by atoms with E-state index in [-0.39, 0.29) is 17.0 Å². The highest BCUT2D eigenvalue weighted by Crippen LogP contribution is 2.31. The summed E-state index contributed by atoms with van der Waals surface area (Å²) in [6.07, 6.45) is 3.73. The molecule has 1 aliphatic rings. The number of fused-ring (bicyclic) bond motifs is 1. The molecule has 2 N–H and O–H groups in total. The fourth-order valence-corrected chi connectivity index (χ4v) is 3.79. The van der Waals surface area contributed by atoms with Crippen molar-refractivity contribution < 1.29 is 13.2 Å². The Labute approximate surface area is 113 Å². The standard InChI is InChI=1S/C13H18N2O3S/c1-2-3-4-5-8-15-13(16)11-9-10(14)6-7-12(11)19(15,17)18/h6-7,9H,2-5,8,14H2,1H3. The molecule has 6 heteroatoms. The number of hydrogen-bond acceptors (Lipinski definition) is 4. The second-order valence-corrected chi connectivity index (χ2v) is 6.53. The summed E-state index contributed by atoms with van der Waals surface area (Å²) in [5.74, 6) is -0.459. The van der Waals surface area contributed by atoms with Crippen LogP contribution in [0.25, 0.3) is 0 Å². The zero-order valence-corrected chi connectivity index (χ0v) is 11.7. The highest BCUT2D eigenvalue weighted by atomic mass is 32.2. The minimum absolute atomic E-state index is 0.0715. The van der Waals surface area contributed by atoms with Crippen molar-refractivity contribution in [2.45, 2.75) is 37.5 Å². The van der Waals surface area contributed by atoms with Gasteiger partial charge in [-0.1, -0.05) is 26.2 Å². The Morgan fingerprint density at radius 2 is 1.95 bits per heavy atom. The first kappa shape index (κ1) is 13.9. The third-order valence-corrected chi connectivity index (χ3v) is 5.08. The Bertz CT molecular complexity index is 596. The van der Waals surface area contributed by atoms with Gasteiger partial charge in [0.2, 0.25) is 0 Å². The van der Waals surface area contributed by atoms with Gasteiger partial charge in [0.1, 0.15) is 4.90 Å². The number of carbonyl (C=O) groups is 1. The summed E-state index contributed by atoms with van der Waals surface area (Å²) in [6.45, 7) is 2.33. The average molecular weight is 282 g/mol.